The summed E-state index contributed by atoms with van der Waals surface area (Å²) in [6.07, 6.45) is 2.33. The number of halogens is 1. The van der Waals surface area contributed by atoms with Gasteiger partial charge < -0.3 is 5.73 Å². The molecule has 3 N–H and O–H groups in total. The molecule has 2 aromatic rings. The summed E-state index contributed by atoms with van der Waals surface area (Å²) in [5.74, 6) is 0.0255. The highest BCUT2D eigenvalue weighted by molar-refractivity contribution is 9.10. The molecule has 0 radical (unpaired) electrons. The molecule has 8 heteroatoms. The van der Waals surface area contributed by atoms with E-state index >= 15 is 0 Å². The molecule has 6 nitrogen and oxygen atoms in total. The van der Waals surface area contributed by atoms with Crippen molar-refractivity contribution in [1.29, 1.82) is 0 Å². The number of nitrogen functional groups attached to an aromatic ring is 1. The molecule has 0 bridgehead atoms. The maximum Gasteiger partial charge on any atom is 0.264 e. The molecular weight excluding hydrogens is 332 g/mol. The van der Waals surface area contributed by atoms with E-state index < -0.39 is 10.0 Å². The topological polar surface area (TPSA) is 98.0 Å². The first-order valence-electron chi connectivity index (χ1n) is 5.25. The molecule has 0 amide bonds. The number of sulfonamides is 1. The Hall–Kier alpha value is -1.67. The molecule has 19 heavy (non-hydrogen) atoms. The Labute approximate surface area is 119 Å². The fourth-order valence-corrected chi connectivity index (χ4v) is 2.74. The molecule has 0 aliphatic heterocycles. The maximum atomic E-state index is 12.1. The number of anilines is 2. The highest BCUT2D eigenvalue weighted by Crippen LogP contribution is 2.23. The summed E-state index contributed by atoms with van der Waals surface area (Å²) >= 11 is 3.29. The number of aromatic nitrogens is 2. The number of aryl methyl sites for hydroxylation is 1. The zero-order valence-corrected chi connectivity index (χ0v) is 12.4. The predicted molar refractivity (Wildman–Crippen MR) is 76.1 cm³/mol. The number of benzene rings is 1. The third-order valence-electron chi connectivity index (χ3n) is 2.40. The quantitative estimate of drug-likeness (QED) is 0.887. The van der Waals surface area contributed by atoms with Gasteiger partial charge in [-0.15, -0.1) is 0 Å². The first-order chi connectivity index (χ1) is 8.88. The van der Waals surface area contributed by atoms with E-state index in [0.29, 0.717) is 5.69 Å². The van der Waals surface area contributed by atoms with Crippen LogP contribution in [0.1, 0.15) is 5.56 Å². The van der Waals surface area contributed by atoms with Crippen LogP contribution in [0.5, 0.6) is 0 Å². The van der Waals surface area contributed by atoms with Crippen molar-refractivity contribution in [1.82, 2.24) is 9.97 Å². The molecule has 0 fully saturated rings. The molecule has 2 rings (SSSR count). The Kier molecular flexibility index (Phi) is 3.72. The predicted octanol–water partition coefficient (Wildman–Crippen LogP) is 1.93. The Bertz CT molecular complexity index is 701. The first-order valence-corrected chi connectivity index (χ1v) is 7.52. The maximum absolute atomic E-state index is 12.1. The highest BCUT2D eigenvalue weighted by atomic mass is 79.9. The third kappa shape index (κ3) is 3.21. The molecule has 1 aromatic carbocycles. The second-order valence-corrected chi connectivity index (χ2v) is 6.44. The Morgan fingerprint density at radius 3 is 2.53 bits per heavy atom. The second-order valence-electron chi connectivity index (χ2n) is 3.84. The fourth-order valence-electron chi connectivity index (χ4n) is 1.37. The van der Waals surface area contributed by atoms with Gasteiger partial charge in [0.05, 0.1) is 18.1 Å². The minimum absolute atomic E-state index is 0.0255. The normalized spacial score (nSPS) is 11.3. The van der Waals surface area contributed by atoms with Gasteiger partial charge in [-0.3, -0.25) is 4.72 Å². The Balaban J connectivity index is 2.36. The lowest BCUT2D eigenvalue weighted by molar-refractivity contribution is 0.600. The first kappa shape index (κ1) is 13.8. The smallest absolute Gasteiger partial charge is 0.264 e. The molecule has 0 aliphatic carbocycles. The molecular formula is C11H11BrN4O2S. The van der Waals surface area contributed by atoms with Crippen LogP contribution in [0, 0.1) is 6.92 Å². The molecule has 0 atom stereocenters. The molecule has 1 aromatic heterocycles. The summed E-state index contributed by atoms with van der Waals surface area (Å²) in [7, 11) is -3.72. The van der Waals surface area contributed by atoms with Crippen LogP contribution in [0.4, 0.5) is 11.6 Å². The van der Waals surface area contributed by atoms with Gasteiger partial charge in [-0.2, -0.15) is 0 Å². The van der Waals surface area contributed by atoms with Gasteiger partial charge in [0.1, 0.15) is 4.90 Å². The number of nitrogens with one attached hydrogen (secondary N) is 1. The van der Waals surface area contributed by atoms with E-state index in [4.69, 9.17) is 5.73 Å². The molecule has 0 aliphatic rings. The number of nitrogens with two attached hydrogens (primary N) is 1. The van der Waals surface area contributed by atoms with E-state index in [1.807, 2.05) is 13.0 Å². The van der Waals surface area contributed by atoms with Crippen LogP contribution >= 0.6 is 15.9 Å². The summed E-state index contributed by atoms with van der Waals surface area (Å²) < 4.78 is 27.5. The third-order valence-corrected chi connectivity index (χ3v) is 4.22. The fraction of sp³-hybridized carbons (Fsp3) is 0.0909. The molecule has 0 spiro atoms. The van der Waals surface area contributed by atoms with Gasteiger partial charge >= 0.3 is 0 Å². The summed E-state index contributed by atoms with van der Waals surface area (Å²) in [6, 6.07) is 5.33. The lowest BCUT2D eigenvalue weighted by atomic mass is 10.2. The molecule has 0 saturated carbocycles. The summed E-state index contributed by atoms with van der Waals surface area (Å²) in [5, 5.41) is 0. The van der Waals surface area contributed by atoms with E-state index in [0.717, 1.165) is 22.4 Å². The summed E-state index contributed by atoms with van der Waals surface area (Å²) in [4.78, 5) is 7.29. The highest BCUT2D eigenvalue weighted by Gasteiger charge is 2.16. The van der Waals surface area contributed by atoms with Crippen molar-refractivity contribution >= 4 is 37.6 Å². The van der Waals surface area contributed by atoms with Gasteiger partial charge in [0.2, 0.25) is 5.95 Å². The number of rotatable bonds is 3. The number of hydrogen-bond donors (Lipinski definition) is 2. The van der Waals surface area contributed by atoms with Gasteiger partial charge in [-0.25, -0.2) is 18.4 Å². The van der Waals surface area contributed by atoms with Crippen molar-refractivity contribution in [2.75, 3.05) is 10.5 Å². The molecule has 100 valence electrons. The lowest BCUT2D eigenvalue weighted by Crippen LogP contribution is -2.14. The van der Waals surface area contributed by atoms with Gasteiger partial charge in [0, 0.05) is 4.47 Å². The van der Waals surface area contributed by atoms with Crippen molar-refractivity contribution in [3.8, 4) is 0 Å². The average molecular weight is 343 g/mol. The van der Waals surface area contributed by atoms with Crippen LogP contribution < -0.4 is 10.5 Å². The molecule has 0 unspecified atom stereocenters. The van der Waals surface area contributed by atoms with Crippen LogP contribution in [-0.2, 0) is 10.0 Å². The standard InChI is InChI=1S/C11H11BrN4O2S/c1-7-2-3-8(12)4-10(7)16-19(17,18)9-5-14-11(13)15-6-9/h2-6,16H,1H3,(H2,13,14,15). The average Bonchev–Trinajstić information content (AvgIpc) is 2.34. The van der Waals surface area contributed by atoms with Gasteiger partial charge in [0.25, 0.3) is 10.0 Å². The SMILES string of the molecule is Cc1ccc(Br)cc1NS(=O)(=O)c1cnc(N)nc1. The van der Waals surface area contributed by atoms with Crippen molar-refractivity contribution in [3.05, 3.63) is 40.6 Å². The van der Waals surface area contributed by atoms with Gasteiger partial charge in [-0.05, 0) is 24.6 Å². The van der Waals surface area contributed by atoms with Crippen LogP contribution in [0.25, 0.3) is 0 Å². The van der Waals surface area contributed by atoms with Crippen molar-refractivity contribution in [2.45, 2.75) is 11.8 Å². The molecule has 0 saturated heterocycles. The van der Waals surface area contributed by atoms with Crippen molar-refractivity contribution in [3.63, 3.8) is 0 Å². The van der Waals surface area contributed by atoms with E-state index in [2.05, 4.69) is 30.6 Å². The van der Waals surface area contributed by atoms with E-state index in [1.54, 1.807) is 12.1 Å². The van der Waals surface area contributed by atoms with E-state index in [1.165, 1.54) is 0 Å². The zero-order chi connectivity index (χ0) is 14.0. The van der Waals surface area contributed by atoms with Crippen molar-refractivity contribution < 1.29 is 8.42 Å². The minimum atomic E-state index is -3.72. The number of nitrogens with zero attached hydrogens (tertiary/aromatic N) is 2. The van der Waals surface area contributed by atoms with Crippen LogP contribution in [-0.4, -0.2) is 18.4 Å². The van der Waals surface area contributed by atoms with Gasteiger partial charge in [-0.1, -0.05) is 22.0 Å². The van der Waals surface area contributed by atoms with E-state index in [-0.39, 0.29) is 10.8 Å². The van der Waals surface area contributed by atoms with E-state index in [9.17, 15) is 8.42 Å². The minimum Gasteiger partial charge on any atom is -0.368 e. The zero-order valence-electron chi connectivity index (χ0n) is 9.96. The molecule has 1 heterocycles. The monoisotopic (exact) mass is 342 g/mol. The summed E-state index contributed by atoms with van der Waals surface area (Å²) in [6.45, 7) is 1.81. The summed E-state index contributed by atoms with van der Waals surface area (Å²) in [5.41, 5.74) is 6.62. The Morgan fingerprint density at radius 2 is 1.89 bits per heavy atom. The largest absolute Gasteiger partial charge is 0.368 e. The second kappa shape index (κ2) is 5.14. The van der Waals surface area contributed by atoms with Crippen molar-refractivity contribution in [2.24, 2.45) is 0 Å². The Morgan fingerprint density at radius 1 is 1.26 bits per heavy atom. The van der Waals surface area contributed by atoms with Gasteiger partial charge in [0.15, 0.2) is 0 Å². The number of hydrogen-bond acceptors (Lipinski definition) is 5. The van der Waals surface area contributed by atoms with Crippen LogP contribution in [0.15, 0.2) is 40.0 Å². The van der Waals surface area contributed by atoms with Crippen LogP contribution in [0.3, 0.4) is 0 Å². The van der Waals surface area contributed by atoms with Crippen LogP contribution in [0.2, 0.25) is 0 Å². The lowest BCUT2D eigenvalue weighted by Gasteiger charge is -2.10.